The van der Waals surface area contributed by atoms with Gasteiger partial charge in [-0.3, -0.25) is 0 Å². The molecule has 31 heavy (non-hydrogen) atoms. The number of carbonyl (C=O) groups excluding carboxylic acids is 1. The lowest BCUT2D eigenvalue weighted by molar-refractivity contribution is -0.136. The average Bonchev–Trinajstić information content (AvgIpc) is 2.70. The molecule has 3 aromatic rings. The Morgan fingerprint density at radius 3 is 2.29 bits per heavy atom. The number of sulfonamides is 1. The quantitative estimate of drug-likeness (QED) is 0.354. The third-order valence-corrected chi connectivity index (χ3v) is 6.68. The first-order chi connectivity index (χ1) is 14.5. The van der Waals surface area contributed by atoms with E-state index in [0.29, 0.717) is 22.1 Å². The molecule has 0 spiro atoms. The molecule has 7 nitrogen and oxygen atoms in total. The molecule has 0 amide bonds. The Morgan fingerprint density at radius 2 is 1.68 bits per heavy atom. The SMILES string of the molecule is CC[C@H](NS(=O)(=O)c1ccc(C)cc1)C(=O)Oc1cc(C)cc2oc(=O)c(C)c(C)c12. The van der Waals surface area contributed by atoms with Gasteiger partial charge in [0.25, 0.3) is 0 Å². The van der Waals surface area contributed by atoms with Gasteiger partial charge in [-0.1, -0.05) is 24.6 Å². The Morgan fingerprint density at radius 1 is 1.03 bits per heavy atom. The van der Waals surface area contributed by atoms with Gasteiger partial charge in [0.2, 0.25) is 10.0 Å². The smallest absolute Gasteiger partial charge is 0.339 e. The second kappa shape index (κ2) is 8.64. The fraction of sp³-hybridized carbons (Fsp3) is 0.304. The highest BCUT2D eigenvalue weighted by Crippen LogP contribution is 2.31. The first-order valence-electron chi connectivity index (χ1n) is 9.89. The molecule has 0 unspecified atom stereocenters. The summed E-state index contributed by atoms with van der Waals surface area (Å²) >= 11 is 0. The second-order valence-electron chi connectivity index (χ2n) is 7.59. The standard InChI is InChI=1S/C23H25NO6S/c1-6-18(24-31(27,28)17-9-7-13(2)8-10-17)23(26)30-20-12-14(3)11-19-21(20)15(4)16(5)22(25)29-19/h7-12,18,24H,6H2,1-5H3/t18-/m0/s1. The van der Waals surface area contributed by atoms with Gasteiger partial charge in [0.05, 0.1) is 10.3 Å². The van der Waals surface area contributed by atoms with Gasteiger partial charge in [-0.15, -0.1) is 0 Å². The number of carbonyl (C=O) groups is 1. The minimum atomic E-state index is -3.91. The number of benzene rings is 2. The monoisotopic (exact) mass is 443 g/mol. The van der Waals surface area contributed by atoms with Gasteiger partial charge in [0, 0.05) is 5.56 Å². The van der Waals surface area contributed by atoms with Gasteiger partial charge in [0.1, 0.15) is 17.4 Å². The molecule has 0 bridgehead atoms. The average molecular weight is 444 g/mol. The Hall–Kier alpha value is -2.97. The molecule has 1 N–H and O–H groups in total. The number of fused-ring (bicyclic) bond motifs is 1. The second-order valence-corrected chi connectivity index (χ2v) is 9.31. The highest BCUT2D eigenvalue weighted by molar-refractivity contribution is 7.89. The summed E-state index contributed by atoms with van der Waals surface area (Å²) in [6, 6.07) is 8.61. The number of hydrogen-bond acceptors (Lipinski definition) is 6. The van der Waals surface area contributed by atoms with E-state index in [-0.39, 0.29) is 17.1 Å². The van der Waals surface area contributed by atoms with E-state index in [2.05, 4.69) is 4.72 Å². The van der Waals surface area contributed by atoms with Crippen molar-refractivity contribution >= 4 is 27.0 Å². The van der Waals surface area contributed by atoms with Gasteiger partial charge >= 0.3 is 11.6 Å². The van der Waals surface area contributed by atoms with E-state index in [0.717, 1.165) is 11.1 Å². The van der Waals surface area contributed by atoms with Crippen LogP contribution in [0, 0.1) is 27.7 Å². The van der Waals surface area contributed by atoms with Crippen molar-refractivity contribution in [1.29, 1.82) is 0 Å². The van der Waals surface area contributed by atoms with Crippen molar-refractivity contribution in [1.82, 2.24) is 4.72 Å². The fourth-order valence-corrected chi connectivity index (χ4v) is 4.49. The van der Waals surface area contributed by atoms with Crippen LogP contribution in [0.3, 0.4) is 0 Å². The minimum Gasteiger partial charge on any atom is -0.425 e. The molecule has 2 aromatic carbocycles. The summed E-state index contributed by atoms with van der Waals surface area (Å²) < 4.78 is 38.8. The number of ether oxygens (including phenoxy) is 1. The zero-order chi connectivity index (χ0) is 22.9. The maximum atomic E-state index is 12.9. The molecule has 1 heterocycles. The lowest BCUT2D eigenvalue weighted by atomic mass is 10.0. The normalized spacial score (nSPS) is 12.7. The van der Waals surface area contributed by atoms with Crippen LogP contribution < -0.4 is 15.1 Å². The first kappa shape index (κ1) is 22.7. The molecule has 0 saturated heterocycles. The summed E-state index contributed by atoms with van der Waals surface area (Å²) in [6.07, 6.45) is 0.195. The van der Waals surface area contributed by atoms with Gasteiger partial charge < -0.3 is 9.15 Å². The number of hydrogen-bond donors (Lipinski definition) is 1. The topological polar surface area (TPSA) is 103 Å². The van der Waals surface area contributed by atoms with Crippen LogP contribution in [0.25, 0.3) is 11.0 Å². The molecule has 0 aliphatic heterocycles. The summed E-state index contributed by atoms with van der Waals surface area (Å²) in [7, 11) is -3.91. The number of esters is 1. The molecule has 0 aliphatic rings. The molecule has 1 atom stereocenters. The van der Waals surface area contributed by atoms with Crippen LogP contribution >= 0.6 is 0 Å². The summed E-state index contributed by atoms with van der Waals surface area (Å²) in [6.45, 7) is 8.71. The highest BCUT2D eigenvalue weighted by Gasteiger charge is 2.27. The van der Waals surface area contributed by atoms with E-state index in [1.165, 1.54) is 12.1 Å². The molecule has 1 aromatic heterocycles. The minimum absolute atomic E-state index is 0.0681. The van der Waals surface area contributed by atoms with Crippen molar-refractivity contribution < 1.29 is 22.4 Å². The van der Waals surface area contributed by atoms with Crippen LogP contribution in [0.2, 0.25) is 0 Å². The van der Waals surface area contributed by atoms with Crippen molar-refractivity contribution in [3.63, 3.8) is 0 Å². The van der Waals surface area contributed by atoms with Crippen LogP contribution in [0.4, 0.5) is 0 Å². The van der Waals surface area contributed by atoms with E-state index in [1.54, 1.807) is 52.0 Å². The summed E-state index contributed by atoms with van der Waals surface area (Å²) in [4.78, 5) is 25.0. The predicted molar refractivity (Wildman–Crippen MR) is 118 cm³/mol. The summed E-state index contributed by atoms with van der Waals surface area (Å²) in [5, 5.41) is 0.507. The van der Waals surface area contributed by atoms with Crippen LogP contribution in [-0.4, -0.2) is 20.4 Å². The van der Waals surface area contributed by atoms with Crippen LogP contribution in [0.1, 0.15) is 35.6 Å². The van der Waals surface area contributed by atoms with Gasteiger partial charge in [0.15, 0.2) is 0 Å². The largest absolute Gasteiger partial charge is 0.425 e. The lowest BCUT2D eigenvalue weighted by Gasteiger charge is -2.18. The van der Waals surface area contributed by atoms with E-state index < -0.39 is 27.7 Å². The Balaban J connectivity index is 1.94. The van der Waals surface area contributed by atoms with Crippen LogP contribution in [-0.2, 0) is 14.8 Å². The van der Waals surface area contributed by atoms with E-state index >= 15 is 0 Å². The third kappa shape index (κ3) is 4.70. The summed E-state index contributed by atoms with van der Waals surface area (Å²) in [5.41, 5.74) is 2.57. The van der Waals surface area contributed by atoms with Crippen molar-refractivity contribution in [3.05, 3.63) is 69.1 Å². The molecular weight excluding hydrogens is 418 g/mol. The molecule has 164 valence electrons. The van der Waals surface area contributed by atoms with Crippen molar-refractivity contribution in [2.45, 2.75) is 52.0 Å². The Bertz CT molecular complexity index is 1310. The highest BCUT2D eigenvalue weighted by atomic mass is 32.2. The van der Waals surface area contributed by atoms with E-state index in [9.17, 15) is 18.0 Å². The zero-order valence-corrected chi connectivity index (χ0v) is 18.9. The molecule has 0 aliphatic carbocycles. The third-order valence-electron chi connectivity index (χ3n) is 5.19. The maximum absolute atomic E-state index is 12.9. The van der Waals surface area contributed by atoms with E-state index in [4.69, 9.17) is 9.15 Å². The van der Waals surface area contributed by atoms with Crippen molar-refractivity contribution in [2.75, 3.05) is 0 Å². The molecule has 8 heteroatoms. The predicted octanol–water partition coefficient (Wildman–Crippen LogP) is 3.69. The lowest BCUT2D eigenvalue weighted by Crippen LogP contribution is -2.42. The Kier molecular flexibility index (Phi) is 6.33. The van der Waals surface area contributed by atoms with Gasteiger partial charge in [-0.25, -0.2) is 18.0 Å². The number of rotatable bonds is 6. The van der Waals surface area contributed by atoms with Crippen molar-refractivity contribution in [2.24, 2.45) is 0 Å². The summed E-state index contributed by atoms with van der Waals surface area (Å²) in [5.74, 6) is -0.523. The number of aryl methyl sites for hydroxylation is 3. The zero-order valence-electron chi connectivity index (χ0n) is 18.1. The molecule has 0 saturated carbocycles. The molecule has 0 fully saturated rings. The van der Waals surface area contributed by atoms with Gasteiger partial charge in [-0.05, 0) is 69.5 Å². The first-order valence-corrected chi connectivity index (χ1v) is 11.4. The maximum Gasteiger partial charge on any atom is 0.339 e. The van der Waals surface area contributed by atoms with Gasteiger partial charge in [-0.2, -0.15) is 4.72 Å². The van der Waals surface area contributed by atoms with Crippen LogP contribution in [0.5, 0.6) is 5.75 Å². The number of nitrogens with one attached hydrogen (secondary N) is 1. The molecule has 0 radical (unpaired) electrons. The van der Waals surface area contributed by atoms with Crippen LogP contribution in [0.15, 0.2) is 50.5 Å². The van der Waals surface area contributed by atoms with E-state index in [1.807, 2.05) is 6.92 Å². The Labute approximate surface area is 181 Å². The fourth-order valence-electron chi connectivity index (χ4n) is 3.22. The van der Waals surface area contributed by atoms with Crippen molar-refractivity contribution in [3.8, 4) is 5.75 Å². The molecule has 3 rings (SSSR count). The molecular formula is C23H25NO6S.